The average Bonchev–Trinajstić information content (AvgIpc) is 3.16. The van der Waals surface area contributed by atoms with Crippen LogP contribution >= 0.6 is 23.1 Å². The Morgan fingerprint density at radius 3 is 2.92 bits per heavy atom. The highest BCUT2D eigenvalue weighted by Crippen LogP contribution is 2.39. The second kappa shape index (κ2) is 7.75. The number of thiophene rings is 1. The number of fused-ring (bicyclic) bond motifs is 1. The summed E-state index contributed by atoms with van der Waals surface area (Å²) in [7, 11) is 0. The summed E-state index contributed by atoms with van der Waals surface area (Å²) in [5, 5.41) is 15.5. The maximum atomic E-state index is 12.4. The number of nitrogens with one attached hydrogen (secondary N) is 1. The number of carbonyl (C=O) groups is 2. The van der Waals surface area contributed by atoms with Gasteiger partial charge in [-0.2, -0.15) is 0 Å². The van der Waals surface area contributed by atoms with Crippen LogP contribution in [0.1, 0.15) is 54.0 Å². The number of aromatic nitrogens is 4. The summed E-state index contributed by atoms with van der Waals surface area (Å²) in [6, 6.07) is 0.114. The van der Waals surface area contributed by atoms with Crippen LogP contribution in [0.15, 0.2) is 5.16 Å². The van der Waals surface area contributed by atoms with Gasteiger partial charge in [-0.15, -0.1) is 16.4 Å². The molecule has 140 valence electrons. The number of rotatable bonds is 6. The average molecular weight is 395 g/mol. The number of hydrogen-bond acceptors (Lipinski definition) is 7. The molecule has 0 saturated carbocycles. The molecule has 0 spiro atoms. The van der Waals surface area contributed by atoms with Crippen molar-refractivity contribution in [1.82, 2.24) is 20.2 Å². The number of carbonyl (C=O) groups excluding carboxylic acids is 2. The molecule has 0 bridgehead atoms. The predicted octanol–water partition coefficient (Wildman–Crippen LogP) is 2.27. The van der Waals surface area contributed by atoms with E-state index in [1.54, 1.807) is 4.68 Å². The summed E-state index contributed by atoms with van der Waals surface area (Å²) >= 11 is 2.73. The van der Waals surface area contributed by atoms with Crippen LogP contribution in [0.2, 0.25) is 0 Å². The molecule has 2 amide bonds. The molecule has 0 aliphatic heterocycles. The highest BCUT2D eigenvalue weighted by molar-refractivity contribution is 7.99. The first-order chi connectivity index (χ1) is 12.4. The van der Waals surface area contributed by atoms with Gasteiger partial charge in [-0.1, -0.05) is 18.7 Å². The summed E-state index contributed by atoms with van der Waals surface area (Å²) in [5.41, 5.74) is 7.06. The van der Waals surface area contributed by atoms with E-state index in [1.165, 1.54) is 23.1 Å². The first-order valence-corrected chi connectivity index (χ1v) is 10.3. The van der Waals surface area contributed by atoms with Gasteiger partial charge in [-0.25, -0.2) is 4.68 Å². The zero-order chi connectivity index (χ0) is 18.8. The molecule has 0 saturated heterocycles. The van der Waals surface area contributed by atoms with E-state index in [4.69, 9.17) is 5.73 Å². The Morgan fingerprint density at radius 1 is 1.46 bits per heavy atom. The van der Waals surface area contributed by atoms with Gasteiger partial charge in [-0.05, 0) is 55.0 Å². The van der Waals surface area contributed by atoms with Crippen molar-refractivity contribution in [2.75, 3.05) is 11.1 Å². The van der Waals surface area contributed by atoms with E-state index >= 15 is 0 Å². The van der Waals surface area contributed by atoms with E-state index < -0.39 is 5.91 Å². The molecular formula is C16H22N6O2S2. The van der Waals surface area contributed by atoms with E-state index in [1.807, 2.05) is 13.8 Å². The first-order valence-electron chi connectivity index (χ1n) is 8.51. The van der Waals surface area contributed by atoms with Gasteiger partial charge in [0.25, 0.3) is 5.91 Å². The Labute approximate surface area is 159 Å². The standard InChI is InChI=1S/C16H22N6O2S2/c1-8(2)22-16(19-20-21-22)25-7-12(23)18-15-13(14(17)24)10-5-4-9(3)6-11(10)26-15/h8-9H,4-7H2,1-3H3,(H2,17,24)(H,18,23). The lowest BCUT2D eigenvalue weighted by Gasteiger charge is -2.18. The third-order valence-corrected chi connectivity index (χ3v) is 6.40. The summed E-state index contributed by atoms with van der Waals surface area (Å²) in [5.74, 6) is 0.0478. The molecule has 0 aromatic carbocycles. The molecule has 2 aromatic rings. The Bertz CT molecular complexity index is 829. The fourth-order valence-electron chi connectivity index (χ4n) is 3.00. The Kier molecular flexibility index (Phi) is 5.61. The number of nitrogens with zero attached hydrogens (tertiary/aromatic N) is 4. The van der Waals surface area contributed by atoms with Gasteiger partial charge in [-0.3, -0.25) is 9.59 Å². The molecule has 3 N–H and O–H groups in total. The molecule has 1 unspecified atom stereocenters. The van der Waals surface area contributed by atoms with Gasteiger partial charge in [0.2, 0.25) is 11.1 Å². The molecule has 1 aliphatic rings. The summed E-state index contributed by atoms with van der Waals surface area (Å²) in [6.07, 6.45) is 2.79. The van der Waals surface area contributed by atoms with Crippen LogP contribution in [0.4, 0.5) is 5.00 Å². The number of amides is 2. The smallest absolute Gasteiger partial charge is 0.251 e. The van der Waals surface area contributed by atoms with Gasteiger partial charge in [0.1, 0.15) is 5.00 Å². The largest absolute Gasteiger partial charge is 0.365 e. The van der Waals surface area contributed by atoms with E-state index in [9.17, 15) is 9.59 Å². The fourth-order valence-corrected chi connectivity index (χ4v) is 5.24. The zero-order valence-electron chi connectivity index (χ0n) is 15.0. The predicted molar refractivity (Wildman–Crippen MR) is 102 cm³/mol. The van der Waals surface area contributed by atoms with Crippen LogP contribution in [-0.4, -0.2) is 37.8 Å². The maximum Gasteiger partial charge on any atom is 0.251 e. The van der Waals surface area contributed by atoms with Crippen LogP contribution < -0.4 is 11.1 Å². The third-order valence-electron chi connectivity index (χ3n) is 4.30. The fraction of sp³-hybridized carbons (Fsp3) is 0.562. The number of anilines is 1. The summed E-state index contributed by atoms with van der Waals surface area (Å²) < 4.78 is 1.66. The van der Waals surface area contributed by atoms with Gasteiger partial charge >= 0.3 is 0 Å². The molecule has 10 heteroatoms. The topological polar surface area (TPSA) is 116 Å². The SMILES string of the molecule is CC1CCc2c(sc(NC(=O)CSc3nnnn3C(C)C)c2C(N)=O)C1. The van der Waals surface area contributed by atoms with Crippen molar-refractivity contribution in [3.63, 3.8) is 0 Å². The molecule has 8 nitrogen and oxygen atoms in total. The van der Waals surface area contributed by atoms with E-state index in [-0.39, 0.29) is 17.7 Å². The van der Waals surface area contributed by atoms with Crippen LogP contribution in [0.25, 0.3) is 0 Å². The Hall–Kier alpha value is -1.94. The monoisotopic (exact) mass is 394 g/mol. The minimum Gasteiger partial charge on any atom is -0.365 e. The second-order valence-electron chi connectivity index (χ2n) is 6.76. The van der Waals surface area contributed by atoms with Crippen LogP contribution in [0.3, 0.4) is 0 Å². The van der Waals surface area contributed by atoms with E-state index in [0.717, 1.165) is 29.7 Å². The number of primary amides is 1. The minimum absolute atomic E-state index is 0.114. The minimum atomic E-state index is -0.483. The quantitative estimate of drug-likeness (QED) is 0.726. The Morgan fingerprint density at radius 2 is 2.23 bits per heavy atom. The van der Waals surface area contributed by atoms with Crippen molar-refractivity contribution in [2.24, 2.45) is 11.7 Å². The van der Waals surface area contributed by atoms with Gasteiger partial charge in [0.05, 0.1) is 17.4 Å². The van der Waals surface area contributed by atoms with Crippen molar-refractivity contribution < 1.29 is 9.59 Å². The highest BCUT2D eigenvalue weighted by atomic mass is 32.2. The van der Waals surface area contributed by atoms with Gasteiger partial charge < -0.3 is 11.1 Å². The lowest BCUT2D eigenvalue weighted by Crippen LogP contribution is -2.20. The zero-order valence-corrected chi connectivity index (χ0v) is 16.6. The second-order valence-corrected chi connectivity index (χ2v) is 8.80. The molecule has 1 aliphatic carbocycles. The lowest BCUT2D eigenvalue weighted by molar-refractivity contribution is -0.113. The summed E-state index contributed by atoms with van der Waals surface area (Å²) in [4.78, 5) is 25.5. The van der Waals surface area contributed by atoms with Crippen molar-refractivity contribution in [2.45, 2.75) is 51.2 Å². The van der Waals surface area contributed by atoms with Gasteiger partial charge in [0.15, 0.2) is 0 Å². The van der Waals surface area contributed by atoms with Crippen molar-refractivity contribution in [1.29, 1.82) is 0 Å². The Balaban J connectivity index is 1.71. The molecule has 2 aromatic heterocycles. The molecule has 1 atom stereocenters. The number of nitrogens with two attached hydrogens (primary N) is 1. The number of hydrogen-bond donors (Lipinski definition) is 2. The van der Waals surface area contributed by atoms with Crippen LogP contribution in [-0.2, 0) is 17.6 Å². The molecule has 26 heavy (non-hydrogen) atoms. The van der Waals surface area contributed by atoms with Gasteiger partial charge in [0, 0.05) is 4.88 Å². The number of tetrazole rings is 1. The summed E-state index contributed by atoms with van der Waals surface area (Å²) in [6.45, 7) is 6.13. The molecular weight excluding hydrogens is 372 g/mol. The molecule has 2 heterocycles. The maximum absolute atomic E-state index is 12.4. The normalized spacial score (nSPS) is 16.5. The first kappa shape index (κ1) is 18.8. The van der Waals surface area contributed by atoms with Crippen molar-refractivity contribution in [3.05, 3.63) is 16.0 Å². The third kappa shape index (κ3) is 3.90. The number of thioether (sulfide) groups is 1. The van der Waals surface area contributed by atoms with Crippen molar-refractivity contribution in [3.8, 4) is 0 Å². The molecule has 3 rings (SSSR count). The van der Waals surface area contributed by atoms with E-state index in [0.29, 0.717) is 21.6 Å². The lowest BCUT2D eigenvalue weighted by atomic mass is 9.88. The highest BCUT2D eigenvalue weighted by Gasteiger charge is 2.27. The van der Waals surface area contributed by atoms with Crippen LogP contribution in [0, 0.1) is 5.92 Å². The molecule has 0 radical (unpaired) electrons. The molecule has 0 fully saturated rings. The van der Waals surface area contributed by atoms with Crippen molar-refractivity contribution >= 4 is 39.9 Å². The van der Waals surface area contributed by atoms with Crippen LogP contribution in [0.5, 0.6) is 0 Å². The van der Waals surface area contributed by atoms with E-state index in [2.05, 4.69) is 27.8 Å².